The molecule has 0 N–H and O–H groups in total. The van der Waals surface area contributed by atoms with Crippen LogP contribution in [0.1, 0.15) is 23.6 Å². The number of alkyl halides is 6. The van der Waals surface area contributed by atoms with Crippen LogP contribution in [-0.4, -0.2) is 57.4 Å². The molecule has 1 aliphatic rings. The van der Waals surface area contributed by atoms with E-state index >= 15 is 26.3 Å². The molecule has 3 nitrogen and oxygen atoms in total. The first-order chi connectivity index (χ1) is 25.1. The minimum Gasteiger partial charge on any atom is -0.379 e. The molecule has 0 unspecified atom stereocenters. The third kappa shape index (κ3) is 6.92. The van der Waals surface area contributed by atoms with E-state index in [1.54, 1.807) is 47.2 Å². The Hall–Kier alpha value is -2.60. The van der Waals surface area contributed by atoms with Crippen LogP contribution in [0.3, 0.4) is 0 Å². The third-order valence-electron chi connectivity index (χ3n) is 8.36. The highest BCUT2D eigenvalue weighted by Crippen LogP contribution is 2.67. The molecule has 6 heterocycles. The standard InChI is InChI=1S/C37H30F6O3S6/c1-2-44-12-13-46-15-14-45-11-9-22-10-19-50-32(22)29-21-24(34(52-29)27-8-5-18-49-27)31-30(35(38,39)37(42,43)36(31,40)41)23-20-28(25-6-3-16-47-25)51-33(23)26-7-4-17-48-26/h3-8,10,16-21H,2,9,11-15H2,1H3. The lowest BCUT2D eigenvalue weighted by Gasteiger charge is -2.25. The van der Waals surface area contributed by atoms with Crippen molar-refractivity contribution in [3.63, 3.8) is 0 Å². The van der Waals surface area contributed by atoms with Crippen LogP contribution in [0.15, 0.2) is 76.1 Å². The summed E-state index contributed by atoms with van der Waals surface area (Å²) in [5.41, 5.74) is -2.44. The monoisotopic (exact) mass is 828 g/mol. The molecular weight excluding hydrogens is 799 g/mol. The summed E-state index contributed by atoms with van der Waals surface area (Å²) in [5, 5.41) is 7.13. The van der Waals surface area contributed by atoms with Crippen LogP contribution in [0.5, 0.6) is 0 Å². The number of halogens is 6. The second kappa shape index (κ2) is 15.6. The molecule has 0 spiro atoms. The van der Waals surface area contributed by atoms with Gasteiger partial charge in [0.15, 0.2) is 0 Å². The molecule has 0 atom stereocenters. The van der Waals surface area contributed by atoms with Crippen LogP contribution in [0.4, 0.5) is 26.3 Å². The maximum atomic E-state index is 16.4. The highest BCUT2D eigenvalue weighted by Gasteiger charge is 2.80. The fourth-order valence-electron chi connectivity index (χ4n) is 5.93. The maximum absolute atomic E-state index is 16.4. The highest BCUT2D eigenvalue weighted by molar-refractivity contribution is 7.27. The maximum Gasteiger partial charge on any atom is 0.380 e. The summed E-state index contributed by atoms with van der Waals surface area (Å²) in [4.78, 5) is 4.02. The topological polar surface area (TPSA) is 27.7 Å². The number of ether oxygens (including phenoxy) is 3. The highest BCUT2D eigenvalue weighted by atomic mass is 32.1. The Morgan fingerprint density at radius 3 is 1.56 bits per heavy atom. The van der Waals surface area contributed by atoms with Gasteiger partial charge in [0.25, 0.3) is 0 Å². The SMILES string of the molecule is CCOCCOCCOCCc1ccsc1-c1cc(C2=C(c3cc(-c4cccs4)sc3-c3cccs3)C(F)(F)C(F)(F)C2(F)F)c(-c2cccs2)s1. The van der Waals surface area contributed by atoms with Crippen LogP contribution in [0, 0.1) is 0 Å². The van der Waals surface area contributed by atoms with Gasteiger partial charge in [-0.15, -0.1) is 68.0 Å². The quantitative estimate of drug-likeness (QED) is 0.0718. The summed E-state index contributed by atoms with van der Waals surface area (Å²) in [5.74, 6) is -16.1. The Morgan fingerprint density at radius 2 is 1.02 bits per heavy atom. The van der Waals surface area contributed by atoms with Gasteiger partial charge in [-0.25, -0.2) is 0 Å². The molecule has 6 aromatic rings. The molecule has 52 heavy (non-hydrogen) atoms. The third-order valence-corrected chi connectivity index (χ3v) is 14.9. The smallest absolute Gasteiger partial charge is 0.379 e. The van der Waals surface area contributed by atoms with Gasteiger partial charge in [0.1, 0.15) is 0 Å². The van der Waals surface area contributed by atoms with Crippen LogP contribution < -0.4 is 0 Å². The van der Waals surface area contributed by atoms with E-state index in [0.29, 0.717) is 65.6 Å². The first-order valence-corrected chi connectivity index (χ1v) is 21.3. The molecule has 0 saturated carbocycles. The van der Waals surface area contributed by atoms with Gasteiger partial charge in [0.05, 0.1) is 42.8 Å². The number of allylic oxidation sites excluding steroid dienone is 2. The first kappa shape index (κ1) is 37.7. The molecule has 0 radical (unpaired) electrons. The van der Waals surface area contributed by atoms with Crippen molar-refractivity contribution in [2.45, 2.75) is 31.1 Å². The second-order valence-electron chi connectivity index (χ2n) is 11.6. The number of thiophene rings is 6. The summed E-state index contributed by atoms with van der Waals surface area (Å²) < 4.78 is 113. The van der Waals surface area contributed by atoms with E-state index < -0.39 is 28.9 Å². The molecule has 0 aliphatic heterocycles. The minimum atomic E-state index is -5.69. The van der Waals surface area contributed by atoms with Gasteiger partial charge in [-0.1, -0.05) is 18.2 Å². The van der Waals surface area contributed by atoms with E-state index in [9.17, 15) is 0 Å². The van der Waals surface area contributed by atoms with E-state index in [0.717, 1.165) is 38.0 Å². The lowest BCUT2D eigenvalue weighted by Crippen LogP contribution is -2.48. The largest absolute Gasteiger partial charge is 0.380 e. The average Bonchev–Trinajstić information content (AvgIpc) is 3.97. The molecular formula is C37H30F6O3S6. The molecule has 0 amide bonds. The van der Waals surface area contributed by atoms with E-state index in [-0.39, 0.29) is 20.9 Å². The van der Waals surface area contributed by atoms with Gasteiger partial charge in [0.2, 0.25) is 0 Å². The van der Waals surface area contributed by atoms with Crippen LogP contribution in [0.25, 0.3) is 50.2 Å². The normalized spacial score (nSPS) is 16.4. The Labute approximate surface area is 320 Å². The Balaban J connectivity index is 1.33. The number of rotatable bonds is 16. The summed E-state index contributed by atoms with van der Waals surface area (Å²) >= 11 is 7.44. The van der Waals surface area contributed by atoms with Gasteiger partial charge >= 0.3 is 17.8 Å². The van der Waals surface area contributed by atoms with Crippen LogP contribution >= 0.6 is 68.0 Å². The predicted molar refractivity (Wildman–Crippen MR) is 205 cm³/mol. The average molecular weight is 829 g/mol. The van der Waals surface area contributed by atoms with E-state index in [1.165, 1.54) is 57.5 Å². The van der Waals surface area contributed by atoms with Crippen molar-refractivity contribution < 1.29 is 40.6 Å². The molecule has 0 fully saturated rings. The number of hydrogen-bond donors (Lipinski definition) is 0. The fourth-order valence-corrected chi connectivity index (χ4v) is 11.9. The van der Waals surface area contributed by atoms with Gasteiger partial charge in [-0.2, -0.15) is 26.3 Å². The van der Waals surface area contributed by atoms with Gasteiger partial charge < -0.3 is 14.2 Å². The molecule has 15 heteroatoms. The number of hydrogen-bond acceptors (Lipinski definition) is 9. The van der Waals surface area contributed by atoms with Crippen molar-refractivity contribution in [1.29, 1.82) is 0 Å². The molecule has 6 aromatic heterocycles. The van der Waals surface area contributed by atoms with Crippen molar-refractivity contribution in [3.8, 4) is 39.0 Å². The second-order valence-corrected chi connectivity index (χ2v) is 17.4. The lowest BCUT2D eigenvalue weighted by molar-refractivity contribution is -0.254. The predicted octanol–water partition coefficient (Wildman–Crippen LogP) is 13.2. The van der Waals surface area contributed by atoms with E-state index in [2.05, 4.69) is 0 Å². The van der Waals surface area contributed by atoms with Gasteiger partial charge in [-0.05, 0) is 76.8 Å². The Bertz CT molecular complexity index is 2110. The zero-order chi connectivity index (χ0) is 36.5. The van der Waals surface area contributed by atoms with Crippen molar-refractivity contribution >= 4 is 79.2 Å². The van der Waals surface area contributed by atoms with Gasteiger partial charge in [-0.3, -0.25) is 0 Å². The molecule has 1 aliphatic carbocycles. The molecule has 0 bridgehead atoms. The molecule has 0 aromatic carbocycles. The van der Waals surface area contributed by atoms with E-state index in [1.807, 2.05) is 23.8 Å². The molecule has 0 saturated heterocycles. The van der Waals surface area contributed by atoms with E-state index in [4.69, 9.17) is 14.2 Å². The first-order valence-electron chi connectivity index (χ1n) is 16.1. The Kier molecular flexibility index (Phi) is 11.3. The summed E-state index contributed by atoms with van der Waals surface area (Å²) in [7, 11) is 0. The Morgan fingerprint density at radius 1 is 0.519 bits per heavy atom. The minimum absolute atomic E-state index is 0.233. The zero-order valence-corrected chi connectivity index (χ0v) is 32.3. The summed E-state index contributed by atoms with van der Waals surface area (Å²) in [6.45, 7) is 4.62. The summed E-state index contributed by atoms with van der Waals surface area (Å²) in [6.07, 6.45) is 0.490. The lowest BCUT2D eigenvalue weighted by atomic mass is 9.94. The van der Waals surface area contributed by atoms with Crippen LogP contribution in [-0.2, 0) is 20.6 Å². The fraction of sp³-hybridized carbons (Fsp3) is 0.297. The van der Waals surface area contributed by atoms with Crippen molar-refractivity contribution in [2.24, 2.45) is 0 Å². The molecule has 7 rings (SSSR count). The van der Waals surface area contributed by atoms with Crippen molar-refractivity contribution in [3.05, 3.63) is 92.8 Å². The molecule has 274 valence electrons. The van der Waals surface area contributed by atoms with Gasteiger partial charge in [0, 0.05) is 58.1 Å². The summed E-state index contributed by atoms with van der Waals surface area (Å²) in [6, 6.07) is 15.0. The van der Waals surface area contributed by atoms with Crippen molar-refractivity contribution in [1.82, 2.24) is 0 Å². The zero-order valence-electron chi connectivity index (χ0n) is 27.4. The van der Waals surface area contributed by atoms with Crippen LogP contribution in [0.2, 0.25) is 0 Å². The van der Waals surface area contributed by atoms with Crippen molar-refractivity contribution in [2.75, 3.05) is 39.6 Å².